The maximum atomic E-state index is 11.9. The number of ether oxygens (including phenoxy) is 1. The third kappa shape index (κ3) is 2.19. The Hall–Kier alpha value is -1.10. The molecule has 0 unspecified atom stereocenters. The van der Waals surface area contributed by atoms with E-state index in [0.29, 0.717) is 6.42 Å². The molecule has 92 valence electrons. The van der Waals surface area contributed by atoms with E-state index in [9.17, 15) is 9.59 Å². The molecule has 1 rings (SSSR count). The van der Waals surface area contributed by atoms with Crippen LogP contribution in [0.1, 0.15) is 40.5 Å². The van der Waals surface area contributed by atoms with Crippen molar-refractivity contribution >= 4 is 11.9 Å². The van der Waals surface area contributed by atoms with Crippen molar-refractivity contribution in [1.29, 1.82) is 0 Å². The zero-order valence-electron chi connectivity index (χ0n) is 10.2. The van der Waals surface area contributed by atoms with Gasteiger partial charge in [-0.3, -0.25) is 4.79 Å². The van der Waals surface area contributed by atoms with Gasteiger partial charge in [-0.1, -0.05) is 13.3 Å². The zero-order chi connectivity index (χ0) is 12.6. The summed E-state index contributed by atoms with van der Waals surface area (Å²) in [6.45, 7) is 7.20. The normalized spacial score (nSPS) is 28.4. The monoisotopic (exact) mass is 229 g/mol. The smallest absolute Gasteiger partial charge is 0.342 e. The van der Waals surface area contributed by atoms with Crippen LogP contribution in [-0.4, -0.2) is 17.5 Å². The fourth-order valence-electron chi connectivity index (χ4n) is 1.88. The molecule has 1 fully saturated rings. The fourth-order valence-corrected chi connectivity index (χ4v) is 1.88. The third-order valence-corrected chi connectivity index (χ3v) is 2.83. The number of hydrogen-bond donors (Lipinski definition) is 1. The Morgan fingerprint density at radius 3 is 2.25 bits per heavy atom. The minimum Gasteiger partial charge on any atom is -0.459 e. The van der Waals surface area contributed by atoms with Gasteiger partial charge < -0.3 is 9.57 Å². The van der Waals surface area contributed by atoms with Crippen LogP contribution in [0.4, 0.5) is 0 Å². The highest BCUT2D eigenvalue weighted by molar-refractivity contribution is 6.03. The van der Waals surface area contributed by atoms with Gasteiger partial charge in [0.15, 0.2) is 5.41 Å². The second kappa shape index (κ2) is 4.05. The first-order valence-electron chi connectivity index (χ1n) is 5.42. The molecule has 5 heteroatoms. The Kier molecular flexibility index (Phi) is 3.28. The van der Waals surface area contributed by atoms with Crippen molar-refractivity contribution in [2.75, 3.05) is 0 Å². The summed E-state index contributed by atoms with van der Waals surface area (Å²) < 4.78 is 5.22. The number of carbonyl (C=O) groups is 2. The molecule has 2 atom stereocenters. The molecule has 0 saturated heterocycles. The molecule has 0 aliphatic heterocycles. The highest BCUT2D eigenvalue weighted by Gasteiger charge is 2.67. The second-order valence-corrected chi connectivity index (χ2v) is 5.19. The van der Waals surface area contributed by atoms with Crippen LogP contribution in [0.5, 0.6) is 0 Å². The predicted molar refractivity (Wildman–Crippen MR) is 57.0 cm³/mol. The summed E-state index contributed by atoms with van der Waals surface area (Å²) in [4.78, 5) is 27.7. The van der Waals surface area contributed by atoms with E-state index in [4.69, 9.17) is 10.6 Å². The minimum atomic E-state index is -1.16. The van der Waals surface area contributed by atoms with Gasteiger partial charge in [0.05, 0.1) is 0 Å². The first kappa shape index (κ1) is 13.0. The Labute approximate surface area is 95.2 Å². The summed E-state index contributed by atoms with van der Waals surface area (Å²) in [5, 5.41) is 0. The second-order valence-electron chi connectivity index (χ2n) is 5.19. The van der Waals surface area contributed by atoms with E-state index < -0.39 is 23.0 Å². The van der Waals surface area contributed by atoms with Gasteiger partial charge in [0, 0.05) is 0 Å². The van der Waals surface area contributed by atoms with Crippen LogP contribution in [0, 0.1) is 11.3 Å². The summed E-state index contributed by atoms with van der Waals surface area (Å²) in [6.07, 6.45) is 1.20. The van der Waals surface area contributed by atoms with Crippen molar-refractivity contribution in [3.05, 3.63) is 0 Å². The van der Waals surface area contributed by atoms with Crippen LogP contribution in [0.25, 0.3) is 0 Å². The summed E-state index contributed by atoms with van der Waals surface area (Å²) in [5.41, 5.74) is -1.77. The summed E-state index contributed by atoms with van der Waals surface area (Å²) in [5.74, 6) is 3.63. The van der Waals surface area contributed by atoms with Crippen molar-refractivity contribution in [3.8, 4) is 0 Å². The molecule has 16 heavy (non-hydrogen) atoms. The molecule has 1 saturated carbocycles. The van der Waals surface area contributed by atoms with Crippen LogP contribution < -0.4 is 5.90 Å². The highest BCUT2D eigenvalue weighted by Crippen LogP contribution is 2.56. The van der Waals surface area contributed by atoms with E-state index in [0.717, 1.165) is 6.42 Å². The number of carbonyl (C=O) groups excluding carboxylic acids is 2. The van der Waals surface area contributed by atoms with E-state index in [-0.39, 0.29) is 5.92 Å². The standard InChI is InChI=1S/C11H19NO4/c1-5-7-6-11(7,9(14)16-12)8(13)15-10(2,3)4/h7H,5-6,12H2,1-4H3/t7-,11+/m1/s1. The van der Waals surface area contributed by atoms with Crippen LogP contribution in [0.2, 0.25) is 0 Å². The quantitative estimate of drug-likeness (QED) is 0.446. The topological polar surface area (TPSA) is 78.6 Å². The lowest BCUT2D eigenvalue weighted by Crippen LogP contribution is -2.37. The van der Waals surface area contributed by atoms with Crippen LogP contribution in [0.3, 0.4) is 0 Å². The Morgan fingerprint density at radius 2 is 1.94 bits per heavy atom. The molecule has 1 aliphatic rings. The predicted octanol–water partition coefficient (Wildman–Crippen LogP) is 1.16. The van der Waals surface area contributed by atoms with Crippen molar-refractivity contribution in [3.63, 3.8) is 0 Å². The number of nitrogens with two attached hydrogens (primary N) is 1. The average molecular weight is 229 g/mol. The van der Waals surface area contributed by atoms with Gasteiger partial charge in [0.2, 0.25) is 0 Å². The highest BCUT2D eigenvalue weighted by atomic mass is 16.7. The largest absolute Gasteiger partial charge is 0.459 e. The van der Waals surface area contributed by atoms with Gasteiger partial charge in [-0.2, -0.15) is 5.90 Å². The summed E-state index contributed by atoms with van der Waals surface area (Å²) in [7, 11) is 0. The molecular weight excluding hydrogens is 210 g/mol. The summed E-state index contributed by atoms with van der Waals surface area (Å²) in [6, 6.07) is 0. The molecule has 1 aliphatic carbocycles. The Bertz CT molecular complexity index is 308. The molecule has 0 aromatic carbocycles. The fraction of sp³-hybridized carbons (Fsp3) is 0.818. The van der Waals surface area contributed by atoms with Gasteiger partial charge >= 0.3 is 11.9 Å². The van der Waals surface area contributed by atoms with Gasteiger partial charge in [0.1, 0.15) is 5.60 Å². The van der Waals surface area contributed by atoms with Crippen molar-refractivity contribution < 1.29 is 19.2 Å². The lowest BCUT2D eigenvalue weighted by atomic mass is 10.0. The number of hydrogen-bond acceptors (Lipinski definition) is 5. The molecule has 0 radical (unpaired) electrons. The molecule has 2 N–H and O–H groups in total. The lowest BCUT2D eigenvalue weighted by molar-refractivity contribution is -0.173. The van der Waals surface area contributed by atoms with Crippen LogP contribution in [-0.2, 0) is 19.2 Å². The van der Waals surface area contributed by atoms with Gasteiger partial charge in [0.25, 0.3) is 0 Å². The SMILES string of the molecule is CC[C@@H]1C[C@@]1(C(=O)ON)C(=O)OC(C)(C)C. The number of rotatable bonds is 3. The maximum Gasteiger partial charge on any atom is 0.342 e. The zero-order valence-corrected chi connectivity index (χ0v) is 10.2. The third-order valence-electron chi connectivity index (χ3n) is 2.83. The van der Waals surface area contributed by atoms with Gasteiger partial charge in [-0.15, -0.1) is 0 Å². The Morgan fingerprint density at radius 1 is 1.38 bits per heavy atom. The van der Waals surface area contributed by atoms with E-state index in [1.165, 1.54) is 0 Å². The van der Waals surface area contributed by atoms with Crippen molar-refractivity contribution in [1.82, 2.24) is 0 Å². The molecule has 0 aromatic rings. The molecule has 0 amide bonds. The van der Waals surface area contributed by atoms with E-state index >= 15 is 0 Å². The van der Waals surface area contributed by atoms with Gasteiger partial charge in [-0.05, 0) is 33.1 Å². The van der Waals surface area contributed by atoms with Gasteiger partial charge in [-0.25, -0.2) is 4.79 Å². The lowest BCUT2D eigenvalue weighted by Gasteiger charge is -2.23. The molecule has 0 aromatic heterocycles. The first-order chi connectivity index (χ1) is 7.28. The van der Waals surface area contributed by atoms with E-state index in [1.807, 2.05) is 6.92 Å². The molecule has 5 nitrogen and oxygen atoms in total. The Balaban J connectivity index is 2.81. The van der Waals surface area contributed by atoms with Crippen molar-refractivity contribution in [2.45, 2.75) is 46.1 Å². The molecule has 0 bridgehead atoms. The average Bonchev–Trinajstić information content (AvgIpc) is 2.89. The molecule has 0 heterocycles. The van der Waals surface area contributed by atoms with E-state index in [1.54, 1.807) is 20.8 Å². The van der Waals surface area contributed by atoms with E-state index in [2.05, 4.69) is 4.84 Å². The maximum absolute atomic E-state index is 11.9. The number of esters is 1. The minimum absolute atomic E-state index is 0.0154. The van der Waals surface area contributed by atoms with Crippen LogP contribution in [0.15, 0.2) is 0 Å². The molecular formula is C11H19NO4. The van der Waals surface area contributed by atoms with Crippen LogP contribution >= 0.6 is 0 Å². The summed E-state index contributed by atoms with van der Waals surface area (Å²) >= 11 is 0. The molecule has 0 spiro atoms. The first-order valence-corrected chi connectivity index (χ1v) is 5.42. The van der Waals surface area contributed by atoms with Crippen molar-refractivity contribution in [2.24, 2.45) is 17.2 Å².